The first-order chi connectivity index (χ1) is 8.81. The third kappa shape index (κ3) is 1.84. The van der Waals surface area contributed by atoms with Crippen LogP contribution in [0.1, 0.15) is 24.1 Å². The molecule has 1 aliphatic rings. The van der Waals surface area contributed by atoms with Crippen molar-refractivity contribution in [3.05, 3.63) is 35.5 Å². The molecular formula is C15H20N2O. The molecule has 1 atom stereocenters. The molecule has 0 radical (unpaired) electrons. The van der Waals surface area contributed by atoms with Gasteiger partial charge in [0.05, 0.1) is 12.6 Å². The molecule has 1 aliphatic carbocycles. The van der Waals surface area contributed by atoms with E-state index in [1.54, 1.807) is 0 Å². The van der Waals surface area contributed by atoms with Crippen LogP contribution in [0.4, 0.5) is 0 Å². The van der Waals surface area contributed by atoms with Gasteiger partial charge in [-0.05, 0) is 37.3 Å². The van der Waals surface area contributed by atoms with E-state index in [1.807, 2.05) is 0 Å². The Morgan fingerprint density at radius 2 is 2.00 bits per heavy atom. The number of hydrogen-bond donors (Lipinski definition) is 2. The topological polar surface area (TPSA) is 51.2 Å². The quantitative estimate of drug-likeness (QED) is 0.865. The molecule has 0 bridgehead atoms. The fraction of sp³-hybridized carbons (Fsp3) is 0.467. The number of benzene rings is 1. The number of aromatic nitrogens is 1. The highest BCUT2D eigenvalue weighted by Crippen LogP contribution is 2.32. The van der Waals surface area contributed by atoms with Gasteiger partial charge in [0.25, 0.3) is 0 Å². The Kier molecular flexibility index (Phi) is 3.10. The molecule has 1 aromatic carbocycles. The molecule has 1 heterocycles. The average Bonchev–Trinajstić information content (AvgIpc) is 2.74. The van der Waals surface area contributed by atoms with Gasteiger partial charge in [-0.25, -0.2) is 0 Å². The van der Waals surface area contributed by atoms with Crippen molar-refractivity contribution in [1.82, 2.24) is 4.57 Å². The van der Waals surface area contributed by atoms with E-state index in [4.69, 9.17) is 5.73 Å². The molecular weight excluding hydrogens is 224 g/mol. The van der Waals surface area contributed by atoms with Gasteiger partial charge in [0.2, 0.25) is 0 Å². The highest BCUT2D eigenvalue weighted by molar-refractivity contribution is 5.85. The van der Waals surface area contributed by atoms with Gasteiger partial charge in [-0.2, -0.15) is 0 Å². The molecule has 0 spiro atoms. The average molecular weight is 244 g/mol. The van der Waals surface area contributed by atoms with Crippen molar-refractivity contribution in [3.8, 4) is 0 Å². The van der Waals surface area contributed by atoms with E-state index in [2.05, 4.69) is 28.8 Å². The second kappa shape index (κ2) is 4.75. The molecule has 0 amide bonds. The standard InChI is InChI=1S/C15H20N2O/c16-9-11(18)10-17-14-7-3-1-5-12(14)13-6-2-4-8-15(13)17/h1,3,5,7,11,18H,2,4,6,8-10,16H2. The number of hydrogen-bond acceptors (Lipinski definition) is 2. The summed E-state index contributed by atoms with van der Waals surface area (Å²) in [6.45, 7) is 0.938. The smallest absolute Gasteiger partial charge is 0.0841 e. The largest absolute Gasteiger partial charge is 0.390 e. The minimum Gasteiger partial charge on any atom is -0.390 e. The Balaban J connectivity index is 2.16. The lowest BCUT2D eigenvalue weighted by molar-refractivity contribution is 0.162. The Morgan fingerprint density at radius 1 is 1.22 bits per heavy atom. The second-order valence-electron chi connectivity index (χ2n) is 5.15. The van der Waals surface area contributed by atoms with E-state index in [1.165, 1.54) is 41.4 Å². The lowest BCUT2D eigenvalue weighted by atomic mass is 9.95. The van der Waals surface area contributed by atoms with Crippen LogP contribution in [-0.2, 0) is 19.4 Å². The fourth-order valence-corrected chi connectivity index (χ4v) is 3.08. The predicted octanol–water partition coefficient (Wildman–Crippen LogP) is 1.84. The van der Waals surface area contributed by atoms with Crippen LogP contribution < -0.4 is 5.73 Å². The second-order valence-corrected chi connectivity index (χ2v) is 5.15. The molecule has 1 unspecified atom stereocenters. The zero-order valence-electron chi connectivity index (χ0n) is 10.6. The maximum absolute atomic E-state index is 9.84. The van der Waals surface area contributed by atoms with E-state index in [0.29, 0.717) is 13.1 Å². The summed E-state index contributed by atoms with van der Waals surface area (Å²) in [5.74, 6) is 0. The normalized spacial score (nSPS) is 16.8. The summed E-state index contributed by atoms with van der Waals surface area (Å²) in [5.41, 5.74) is 9.69. The maximum atomic E-state index is 9.84. The summed E-state index contributed by atoms with van der Waals surface area (Å²) >= 11 is 0. The van der Waals surface area contributed by atoms with Crippen molar-refractivity contribution in [3.63, 3.8) is 0 Å². The van der Waals surface area contributed by atoms with Gasteiger partial charge in [-0.1, -0.05) is 18.2 Å². The van der Waals surface area contributed by atoms with Crippen molar-refractivity contribution in [2.24, 2.45) is 5.73 Å². The highest BCUT2D eigenvalue weighted by atomic mass is 16.3. The van der Waals surface area contributed by atoms with E-state index in [-0.39, 0.29) is 0 Å². The van der Waals surface area contributed by atoms with E-state index < -0.39 is 6.10 Å². The zero-order chi connectivity index (χ0) is 12.5. The molecule has 1 aromatic heterocycles. The first-order valence-electron chi connectivity index (χ1n) is 6.78. The molecule has 18 heavy (non-hydrogen) atoms. The SMILES string of the molecule is NCC(O)Cn1c2c(c3ccccc31)CCCC2. The lowest BCUT2D eigenvalue weighted by Gasteiger charge is -2.18. The van der Waals surface area contributed by atoms with Gasteiger partial charge in [-0.15, -0.1) is 0 Å². The van der Waals surface area contributed by atoms with E-state index in [9.17, 15) is 5.11 Å². The first kappa shape index (κ1) is 11.8. The molecule has 0 saturated heterocycles. The minimum absolute atomic E-state index is 0.321. The molecule has 3 rings (SSSR count). The fourth-order valence-electron chi connectivity index (χ4n) is 3.08. The van der Waals surface area contributed by atoms with Gasteiger partial charge < -0.3 is 15.4 Å². The molecule has 0 aliphatic heterocycles. The molecule has 0 saturated carbocycles. The summed E-state index contributed by atoms with van der Waals surface area (Å²) in [5, 5.41) is 11.2. The van der Waals surface area contributed by atoms with Crippen LogP contribution >= 0.6 is 0 Å². The van der Waals surface area contributed by atoms with Crippen LogP contribution in [0.2, 0.25) is 0 Å². The number of aryl methyl sites for hydroxylation is 1. The van der Waals surface area contributed by atoms with Crippen LogP contribution in [-0.4, -0.2) is 22.3 Å². The van der Waals surface area contributed by atoms with Crippen LogP contribution in [0.15, 0.2) is 24.3 Å². The molecule has 3 N–H and O–H groups in total. The van der Waals surface area contributed by atoms with Gasteiger partial charge in [0.15, 0.2) is 0 Å². The Morgan fingerprint density at radius 3 is 2.83 bits per heavy atom. The number of nitrogens with two attached hydrogens (primary N) is 1. The molecule has 96 valence electrons. The Labute approximate surface area is 107 Å². The molecule has 3 heteroatoms. The van der Waals surface area contributed by atoms with Crippen LogP contribution in [0, 0.1) is 0 Å². The van der Waals surface area contributed by atoms with Gasteiger partial charge in [0.1, 0.15) is 0 Å². The third-order valence-electron chi connectivity index (χ3n) is 3.95. The van der Waals surface area contributed by atoms with Crippen molar-refractivity contribution < 1.29 is 5.11 Å². The summed E-state index contributed by atoms with van der Waals surface area (Å²) in [6.07, 6.45) is 4.37. The molecule has 2 aromatic rings. The van der Waals surface area contributed by atoms with Crippen LogP contribution in [0.5, 0.6) is 0 Å². The maximum Gasteiger partial charge on any atom is 0.0841 e. The van der Waals surface area contributed by atoms with Crippen molar-refractivity contribution in [1.29, 1.82) is 0 Å². The van der Waals surface area contributed by atoms with Gasteiger partial charge >= 0.3 is 0 Å². The number of rotatable bonds is 3. The number of para-hydroxylation sites is 1. The number of fused-ring (bicyclic) bond motifs is 3. The summed E-state index contributed by atoms with van der Waals surface area (Å²) in [7, 11) is 0. The van der Waals surface area contributed by atoms with Crippen molar-refractivity contribution in [2.45, 2.75) is 38.3 Å². The molecule has 3 nitrogen and oxygen atoms in total. The summed E-state index contributed by atoms with van der Waals surface area (Å²) in [4.78, 5) is 0. The highest BCUT2D eigenvalue weighted by Gasteiger charge is 2.20. The number of aliphatic hydroxyl groups excluding tert-OH is 1. The number of aliphatic hydroxyl groups is 1. The minimum atomic E-state index is -0.452. The zero-order valence-corrected chi connectivity index (χ0v) is 10.6. The number of nitrogens with zero attached hydrogens (tertiary/aromatic N) is 1. The Bertz CT molecular complexity index is 559. The third-order valence-corrected chi connectivity index (χ3v) is 3.95. The summed E-state index contributed by atoms with van der Waals surface area (Å²) < 4.78 is 2.28. The summed E-state index contributed by atoms with van der Waals surface area (Å²) in [6, 6.07) is 8.52. The van der Waals surface area contributed by atoms with Crippen LogP contribution in [0.3, 0.4) is 0 Å². The van der Waals surface area contributed by atoms with Gasteiger partial charge in [-0.3, -0.25) is 0 Å². The predicted molar refractivity (Wildman–Crippen MR) is 73.6 cm³/mol. The lowest BCUT2D eigenvalue weighted by Crippen LogP contribution is -2.26. The first-order valence-corrected chi connectivity index (χ1v) is 6.78. The van der Waals surface area contributed by atoms with E-state index >= 15 is 0 Å². The van der Waals surface area contributed by atoms with Crippen molar-refractivity contribution in [2.75, 3.05) is 6.54 Å². The molecule has 0 fully saturated rings. The Hall–Kier alpha value is -1.32. The van der Waals surface area contributed by atoms with Crippen LogP contribution in [0.25, 0.3) is 10.9 Å². The van der Waals surface area contributed by atoms with Crippen molar-refractivity contribution >= 4 is 10.9 Å². The monoisotopic (exact) mass is 244 g/mol. The van der Waals surface area contributed by atoms with E-state index in [0.717, 1.165) is 6.42 Å². The van der Waals surface area contributed by atoms with Gasteiger partial charge in [0, 0.05) is 23.1 Å².